The molecule has 0 spiro atoms. The number of para-hydroxylation sites is 1. The van der Waals surface area contributed by atoms with E-state index in [0.717, 1.165) is 23.2 Å². The fourth-order valence-corrected chi connectivity index (χ4v) is 3.91. The Balaban J connectivity index is 1.34. The molecule has 3 N–H and O–H groups in total. The summed E-state index contributed by atoms with van der Waals surface area (Å²) in [5.41, 5.74) is 4.34. The second kappa shape index (κ2) is 12.5. The van der Waals surface area contributed by atoms with Crippen molar-refractivity contribution in [3.05, 3.63) is 125 Å². The van der Waals surface area contributed by atoms with Crippen LogP contribution < -0.4 is 20.7 Å². The van der Waals surface area contributed by atoms with Crippen LogP contribution in [0.15, 0.2) is 103 Å². The summed E-state index contributed by atoms with van der Waals surface area (Å²) in [5, 5.41) is 8.66. The van der Waals surface area contributed by atoms with Gasteiger partial charge in [-0.2, -0.15) is 0 Å². The Kier molecular flexibility index (Phi) is 8.62. The highest BCUT2D eigenvalue weighted by Crippen LogP contribution is 2.19. The van der Waals surface area contributed by atoms with Crippen LogP contribution in [0.25, 0.3) is 0 Å². The Bertz CT molecular complexity index is 1410. The number of hydrogen-bond donors (Lipinski definition) is 3. The molecule has 0 fully saturated rings. The van der Waals surface area contributed by atoms with Crippen LogP contribution in [-0.2, 0) is 6.42 Å². The molecule has 0 aliphatic carbocycles. The summed E-state index contributed by atoms with van der Waals surface area (Å²) in [5.74, 6) is -0.152. The van der Waals surface area contributed by atoms with Gasteiger partial charge in [-0.05, 0) is 72.7 Å². The predicted molar refractivity (Wildman–Crippen MR) is 151 cm³/mol. The maximum Gasteiger partial charge on any atom is 0.261 e. The first-order chi connectivity index (χ1) is 18.0. The van der Waals surface area contributed by atoms with Gasteiger partial charge in [0.2, 0.25) is 0 Å². The van der Waals surface area contributed by atoms with E-state index in [2.05, 4.69) is 16.0 Å². The Hall–Kier alpha value is -4.49. The van der Waals surface area contributed by atoms with Gasteiger partial charge in [0.1, 0.15) is 5.75 Å². The molecule has 0 aromatic heterocycles. The number of hydrogen-bond acceptors (Lipinski definition) is 4. The highest BCUT2D eigenvalue weighted by Gasteiger charge is 2.14. The first kappa shape index (κ1) is 25.6. The van der Waals surface area contributed by atoms with Crippen LogP contribution in [0.3, 0.4) is 0 Å². The Morgan fingerprint density at radius 1 is 0.757 bits per heavy atom. The summed E-state index contributed by atoms with van der Waals surface area (Å²) >= 11 is 5.35. The Morgan fingerprint density at radius 3 is 2.24 bits per heavy atom. The molecule has 0 radical (unpaired) electrons. The summed E-state index contributed by atoms with van der Waals surface area (Å²) in [6.45, 7) is 2.40. The second-order valence-electron chi connectivity index (χ2n) is 8.39. The molecule has 0 saturated heterocycles. The van der Waals surface area contributed by atoms with E-state index >= 15 is 0 Å². The molecule has 0 aliphatic rings. The van der Waals surface area contributed by atoms with E-state index in [0.29, 0.717) is 29.2 Å². The van der Waals surface area contributed by atoms with E-state index in [-0.39, 0.29) is 16.9 Å². The smallest absolute Gasteiger partial charge is 0.261 e. The van der Waals surface area contributed by atoms with Crippen LogP contribution in [0.1, 0.15) is 31.8 Å². The van der Waals surface area contributed by atoms with Gasteiger partial charge in [0.25, 0.3) is 11.8 Å². The van der Waals surface area contributed by atoms with E-state index in [4.69, 9.17) is 17.0 Å². The average molecular weight is 510 g/mol. The number of nitrogens with one attached hydrogen (secondary N) is 3. The summed E-state index contributed by atoms with van der Waals surface area (Å²) < 4.78 is 5.89. The molecule has 7 heteroatoms. The number of anilines is 2. The molecule has 0 heterocycles. The van der Waals surface area contributed by atoms with Gasteiger partial charge in [-0.3, -0.25) is 14.9 Å². The van der Waals surface area contributed by atoms with Gasteiger partial charge < -0.3 is 15.4 Å². The maximum atomic E-state index is 12.9. The average Bonchev–Trinajstić information content (AvgIpc) is 2.89. The van der Waals surface area contributed by atoms with Gasteiger partial charge >= 0.3 is 0 Å². The molecule has 0 aliphatic heterocycles. The van der Waals surface area contributed by atoms with E-state index in [1.54, 1.807) is 42.5 Å². The molecule has 37 heavy (non-hydrogen) atoms. The van der Waals surface area contributed by atoms with Crippen molar-refractivity contribution in [3.8, 4) is 5.75 Å². The van der Waals surface area contributed by atoms with E-state index in [1.807, 2.05) is 67.6 Å². The van der Waals surface area contributed by atoms with E-state index in [9.17, 15) is 9.59 Å². The minimum Gasteiger partial charge on any atom is -0.492 e. The SMILES string of the molecule is Cc1cccc(NC(=O)c2cccc(NC(=S)NC(=O)c3ccccc3OCCc3ccccc3)c2)c1. The molecular weight excluding hydrogens is 482 g/mol. The number of benzene rings is 4. The molecule has 2 amide bonds. The lowest BCUT2D eigenvalue weighted by Gasteiger charge is -2.14. The van der Waals surface area contributed by atoms with Crippen molar-refractivity contribution in [1.29, 1.82) is 0 Å². The van der Waals surface area contributed by atoms with Crippen LogP contribution in [0.4, 0.5) is 11.4 Å². The van der Waals surface area contributed by atoms with Gasteiger partial charge in [0, 0.05) is 23.4 Å². The van der Waals surface area contributed by atoms with Gasteiger partial charge in [0.15, 0.2) is 5.11 Å². The maximum absolute atomic E-state index is 12.9. The van der Waals surface area contributed by atoms with E-state index < -0.39 is 0 Å². The molecule has 186 valence electrons. The Labute approximate surface area is 221 Å². The zero-order valence-corrected chi connectivity index (χ0v) is 21.2. The van der Waals surface area contributed by atoms with Crippen LogP contribution in [0, 0.1) is 6.92 Å². The number of aryl methyl sites for hydroxylation is 1. The van der Waals surface area contributed by atoms with Crippen molar-refractivity contribution >= 4 is 40.5 Å². The molecule has 6 nitrogen and oxygen atoms in total. The summed E-state index contributed by atoms with van der Waals surface area (Å²) in [6.07, 6.45) is 0.727. The van der Waals surface area contributed by atoms with Crippen molar-refractivity contribution in [2.24, 2.45) is 0 Å². The molecule has 4 aromatic rings. The number of rotatable bonds is 8. The normalized spacial score (nSPS) is 10.3. The monoisotopic (exact) mass is 509 g/mol. The lowest BCUT2D eigenvalue weighted by atomic mass is 10.1. The van der Waals surface area contributed by atoms with Crippen molar-refractivity contribution in [3.63, 3.8) is 0 Å². The third-order valence-electron chi connectivity index (χ3n) is 5.51. The molecule has 0 bridgehead atoms. The third kappa shape index (κ3) is 7.49. The lowest BCUT2D eigenvalue weighted by molar-refractivity contribution is 0.0972. The minimum absolute atomic E-state index is 0.111. The zero-order valence-electron chi connectivity index (χ0n) is 20.4. The van der Waals surface area contributed by atoms with Crippen LogP contribution in [0.2, 0.25) is 0 Å². The predicted octanol–water partition coefficient (Wildman–Crippen LogP) is 6.00. The molecule has 0 atom stereocenters. The quantitative estimate of drug-likeness (QED) is 0.254. The van der Waals surface area contributed by atoms with Crippen LogP contribution in [0.5, 0.6) is 5.75 Å². The van der Waals surface area contributed by atoms with Crippen molar-refractivity contribution in [2.75, 3.05) is 17.2 Å². The molecule has 4 aromatic carbocycles. The number of amides is 2. The number of carbonyl (C=O) groups excluding carboxylic acids is 2. The van der Waals surface area contributed by atoms with Crippen LogP contribution in [-0.4, -0.2) is 23.5 Å². The largest absolute Gasteiger partial charge is 0.492 e. The van der Waals surface area contributed by atoms with Gasteiger partial charge in [-0.1, -0.05) is 60.7 Å². The first-order valence-electron chi connectivity index (χ1n) is 11.8. The summed E-state index contributed by atoms with van der Waals surface area (Å²) in [4.78, 5) is 25.6. The fourth-order valence-electron chi connectivity index (χ4n) is 3.70. The van der Waals surface area contributed by atoms with Gasteiger partial charge in [0.05, 0.1) is 12.2 Å². The highest BCUT2D eigenvalue weighted by atomic mass is 32.1. The molecule has 0 unspecified atom stereocenters. The van der Waals surface area contributed by atoms with Gasteiger partial charge in [-0.25, -0.2) is 0 Å². The summed E-state index contributed by atoms with van der Waals surface area (Å²) in [6, 6.07) is 31.5. The van der Waals surface area contributed by atoms with E-state index in [1.165, 1.54) is 0 Å². The number of thiocarbonyl (C=S) groups is 1. The first-order valence-corrected chi connectivity index (χ1v) is 12.2. The topological polar surface area (TPSA) is 79.5 Å². The van der Waals surface area contributed by atoms with Crippen molar-refractivity contribution in [1.82, 2.24) is 5.32 Å². The highest BCUT2D eigenvalue weighted by molar-refractivity contribution is 7.80. The van der Waals surface area contributed by atoms with Crippen LogP contribution >= 0.6 is 12.2 Å². The number of carbonyl (C=O) groups is 2. The molecule has 4 rings (SSSR count). The fraction of sp³-hybridized carbons (Fsp3) is 0.100. The third-order valence-corrected chi connectivity index (χ3v) is 5.71. The minimum atomic E-state index is -0.388. The number of ether oxygens (including phenoxy) is 1. The van der Waals surface area contributed by atoms with Crippen molar-refractivity contribution in [2.45, 2.75) is 13.3 Å². The molecule has 0 saturated carbocycles. The standard InChI is InChI=1S/C30H27N3O3S/c1-21-9-7-13-24(19-21)31-28(34)23-12-8-14-25(20-23)32-30(37)33-29(35)26-15-5-6-16-27(26)36-18-17-22-10-3-2-4-11-22/h2-16,19-20H,17-18H2,1H3,(H,31,34)(H2,32,33,35,37). The van der Waals surface area contributed by atoms with Crippen molar-refractivity contribution < 1.29 is 14.3 Å². The lowest BCUT2D eigenvalue weighted by Crippen LogP contribution is -2.34. The Morgan fingerprint density at radius 2 is 1.46 bits per heavy atom. The molecular formula is C30H27N3O3S. The second-order valence-corrected chi connectivity index (χ2v) is 8.80. The summed E-state index contributed by atoms with van der Waals surface area (Å²) in [7, 11) is 0. The van der Waals surface area contributed by atoms with Gasteiger partial charge in [-0.15, -0.1) is 0 Å². The zero-order chi connectivity index (χ0) is 26.0.